The Kier molecular flexibility index (Phi) is 2.88. The summed E-state index contributed by atoms with van der Waals surface area (Å²) in [5.74, 6) is 0.643. The minimum atomic E-state index is 0.643. The SMILES string of the molecule is COc1ccc2cc(-c3cccnc3)cc(C)c2n1. The molecule has 0 radical (unpaired) electrons. The van der Waals surface area contributed by atoms with Crippen molar-refractivity contribution in [2.75, 3.05) is 7.11 Å². The third-order valence-corrected chi connectivity index (χ3v) is 3.16. The predicted molar refractivity (Wildman–Crippen MR) is 76.3 cm³/mol. The van der Waals surface area contributed by atoms with E-state index in [0.717, 1.165) is 27.6 Å². The quantitative estimate of drug-likeness (QED) is 0.696. The van der Waals surface area contributed by atoms with Crippen molar-refractivity contribution in [3.8, 4) is 17.0 Å². The van der Waals surface area contributed by atoms with Crippen molar-refractivity contribution in [1.82, 2.24) is 9.97 Å². The first-order valence-electron chi connectivity index (χ1n) is 6.14. The lowest BCUT2D eigenvalue weighted by molar-refractivity contribution is 0.399. The highest BCUT2D eigenvalue weighted by atomic mass is 16.5. The van der Waals surface area contributed by atoms with E-state index >= 15 is 0 Å². The van der Waals surface area contributed by atoms with Gasteiger partial charge < -0.3 is 4.74 Å². The fraction of sp³-hybridized carbons (Fsp3) is 0.125. The smallest absolute Gasteiger partial charge is 0.213 e. The van der Waals surface area contributed by atoms with Crippen LogP contribution in [0.3, 0.4) is 0 Å². The second kappa shape index (κ2) is 4.69. The first kappa shape index (κ1) is 11.7. The maximum Gasteiger partial charge on any atom is 0.213 e. The van der Waals surface area contributed by atoms with E-state index < -0.39 is 0 Å². The van der Waals surface area contributed by atoms with Crippen LogP contribution < -0.4 is 4.74 Å². The fourth-order valence-electron chi connectivity index (χ4n) is 2.21. The zero-order valence-electron chi connectivity index (χ0n) is 10.9. The molecule has 0 aliphatic rings. The molecule has 0 bridgehead atoms. The molecule has 3 heteroatoms. The highest BCUT2D eigenvalue weighted by Crippen LogP contribution is 2.27. The molecule has 19 heavy (non-hydrogen) atoms. The van der Waals surface area contributed by atoms with Gasteiger partial charge in [0.15, 0.2) is 0 Å². The Morgan fingerprint density at radius 3 is 2.68 bits per heavy atom. The molecule has 3 rings (SSSR count). The average Bonchev–Trinajstić information content (AvgIpc) is 2.48. The van der Waals surface area contributed by atoms with E-state index in [0.29, 0.717) is 5.88 Å². The second-order valence-electron chi connectivity index (χ2n) is 4.46. The largest absolute Gasteiger partial charge is 0.481 e. The van der Waals surface area contributed by atoms with Gasteiger partial charge in [-0.2, -0.15) is 0 Å². The van der Waals surface area contributed by atoms with Gasteiger partial charge in [-0.05, 0) is 42.3 Å². The van der Waals surface area contributed by atoms with Gasteiger partial charge >= 0.3 is 0 Å². The van der Waals surface area contributed by atoms with E-state index in [1.807, 2.05) is 24.4 Å². The molecular formula is C16H14N2O. The second-order valence-corrected chi connectivity index (χ2v) is 4.46. The third kappa shape index (κ3) is 2.15. The molecule has 2 aromatic heterocycles. The maximum absolute atomic E-state index is 5.17. The van der Waals surface area contributed by atoms with Crippen LogP contribution in [0, 0.1) is 6.92 Å². The van der Waals surface area contributed by atoms with Crippen molar-refractivity contribution in [3.05, 3.63) is 54.4 Å². The molecule has 0 spiro atoms. The number of fused-ring (bicyclic) bond motifs is 1. The van der Waals surface area contributed by atoms with Gasteiger partial charge in [-0.1, -0.05) is 6.07 Å². The monoisotopic (exact) mass is 250 g/mol. The normalized spacial score (nSPS) is 10.6. The Labute approximate surface area is 111 Å². The molecule has 0 unspecified atom stereocenters. The summed E-state index contributed by atoms with van der Waals surface area (Å²) < 4.78 is 5.17. The first-order chi connectivity index (χ1) is 9.28. The van der Waals surface area contributed by atoms with Crippen LogP contribution >= 0.6 is 0 Å². The lowest BCUT2D eigenvalue weighted by Crippen LogP contribution is -1.91. The lowest BCUT2D eigenvalue weighted by atomic mass is 10.0. The van der Waals surface area contributed by atoms with Crippen LogP contribution in [0.2, 0.25) is 0 Å². The van der Waals surface area contributed by atoms with Gasteiger partial charge in [0.1, 0.15) is 0 Å². The van der Waals surface area contributed by atoms with Crippen molar-refractivity contribution in [2.24, 2.45) is 0 Å². The summed E-state index contributed by atoms with van der Waals surface area (Å²) >= 11 is 0. The zero-order chi connectivity index (χ0) is 13.2. The highest BCUT2D eigenvalue weighted by Gasteiger charge is 2.05. The molecule has 0 amide bonds. The van der Waals surface area contributed by atoms with Gasteiger partial charge in [0, 0.05) is 29.4 Å². The molecule has 0 atom stereocenters. The number of aryl methyl sites for hydroxylation is 1. The maximum atomic E-state index is 5.17. The molecule has 3 nitrogen and oxygen atoms in total. The van der Waals surface area contributed by atoms with Gasteiger partial charge in [0.25, 0.3) is 0 Å². The molecular weight excluding hydrogens is 236 g/mol. The number of hydrogen-bond acceptors (Lipinski definition) is 3. The predicted octanol–water partition coefficient (Wildman–Crippen LogP) is 3.61. The van der Waals surface area contributed by atoms with Crippen molar-refractivity contribution >= 4 is 10.9 Å². The molecule has 2 heterocycles. The number of pyridine rings is 2. The van der Waals surface area contributed by atoms with Crippen LogP contribution in [-0.2, 0) is 0 Å². The van der Waals surface area contributed by atoms with Gasteiger partial charge in [-0.25, -0.2) is 4.98 Å². The van der Waals surface area contributed by atoms with Crippen molar-refractivity contribution in [3.63, 3.8) is 0 Å². The third-order valence-electron chi connectivity index (χ3n) is 3.16. The van der Waals surface area contributed by atoms with Crippen molar-refractivity contribution < 1.29 is 4.74 Å². The summed E-state index contributed by atoms with van der Waals surface area (Å²) in [6.07, 6.45) is 3.65. The van der Waals surface area contributed by atoms with E-state index in [1.165, 1.54) is 0 Å². The Morgan fingerprint density at radius 1 is 1.05 bits per heavy atom. The molecule has 0 fully saturated rings. The van der Waals surface area contributed by atoms with Crippen LogP contribution in [-0.4, -0.2) is 17.1 Å². The van der Waals surface area contributed by atoms with E-state index in [-0.39, 0.29) is 0 Å². The average molecular weight is 250 g/mol. The topological polar surface area (TPSA) is 35.0 Å². The summed E-state index contributed by atoms with van der Waals surface area (Å²) in [5.41, 5.74) is 4.38. The minimum absolute atomic E-state index is 0.643. The number of methoxy groups -OCH3 is 1. The van der Waals surface area contributed by atoms with Gasteiger partial charge in [0.05, 0.1) is 12.6 Å². The minimum Gasteiger partial charge on any atom is -0.481 e. The van der Waals surface area contributed by atoms with Crippen LogP contribution in [0.5, 0.6) is 5.88 Å². The molecule has 0 saturated carbocycles. The van der Waals surface area contributed by atoms with E-state index in [2.05, 4.69) is 35.1 Å². The lowest BCUT2D eigenvalue weighted by Gasteiger charge is -2.08. The molecule has 0 N–H and O–H groups in total. The number of ether oxygens (including phenoxy) is 1. The Balaban J connectivity index is 2.20. The number of aromatic nitrogens is 2. The van der Waals surface area contributed by atoms with Gasteiger partial charge in [0.2, 0.25) is 5.88 Å². The molecule has 0 aliphatic carbocycles. The molecule has 3 aromatic rings. The molecule has 94 valence electrons. The van der Waals surface area contributed by atoms with Crippen molar-refractivity contribution in [2.45, 2.75) is 6.92 Å². The van der Waals surface area contributed by atoms with Crippen LogP contribution in [0.4, 0.5) is 0 Å². The molecule has 0 aliphatic heterocycles. The van der Waals surface area contributed by atoms with Crippen molar-refractivity contribution in [1.29, 1.82) is 0 Å². The zero-order valence-corrected chi connectivity index (χ0v) is 10.9. The van der Waals surface area contributed by atoms with Gasteiger partial charge in [-0.3, -0.25) is 4.98 Å². The summed E-state index contributed by atoms with van der Waals surface area (Å²) in [6.45, 7) is 2.06. The van der Waals surface area contributed by atoms with E-state index in [9.17, 15) is 0 Å². The summed E-state index contributed by atoms with van der Waals surface area (Å²) in [7, 11) is 1.63. The number of hydrogen-bond donors (Lipinski definition) is 0. The van der Waals surface area contributed by atoms with Crippen LogP contribution in [0.1, 0.15) is 5.56 Å². The van der Waals surface area contributed by atoms with Gasteiger partial charge in [-0.15, -0.1) is 0 Å². The number of nitrogens with zero attached hydrogens (tertiary/aromatic N) is 2. The number of rotatable bonds is 2. The fourth-order valence-corrected chi connectivity index (χ4v) is 2.21. The summed E-state index contributed by atoms with van der Waals surface area (Å²) in [6, 6.07) is 12.2. The first-order valence-corrected chi connectivity index (χ1v) is 6.14. The number of benzene rings is 1. The Bertz CT molecular complexity index is 723. The van der Waals surface area contributed by atoms with Crippen LogP contribution in [0.15, 0.2) is 48.8 Å². The molecule has 0 saturated heterocycles. The Morgan fingerprint density at radius 2 is 1.95 bits per heavy atom. The van der Waals surface area contributed by atoms with Crippen LogP contribution in [0.25, 0.3) is 22.0 Å². The van der Waals surface area contributed by atoms with E-state index in [4.69, 9.17) is 4.74 Å². The highest BCUT2D eigenvalue weighted by molar-refractivity contribution is 5.87. The Hall–Kier alpha value is -2.42. The standard InChI is InChI=1S/C16H14N2O/c1-11-8-14(13-4-3-7-17-10-13)9-12-5-6-15(19-2)18-16(11)12/h3-10H,1-2H3. The van der Waals surface area contributed by atoms with E-state index in [1.54, 1.807) is 13.3 Å². The summed E-state index contributed by atoms with van der Waals surface area (Å²) in [4.78, 5) is 8.65. The summed E-state index contributed by atoms with van der Waals surface area (Å²) in [5, 5.41) is 1.11. The molecule has 1 aromatic carbocycles.